The summed E-state index contributed by atoms with van der Waals surface area (Å²) in [5, 5.41) is 6.47. The molecule has 2 aliphatic rings. The molecule has 0 bridgehead atoms. The largest absolute Gasteiger partial charge is 0.486 e. The molecule has 1 aliphatic carbocycles. The standard InChI is InChI=1S/C28H26ClFN4O2/c1-15-6-4-7-16(12-15)28(10-11-28)34-25(35)17-13-21-22(18-14-27(2,3)36-24(17)18)32-26(31-21)33-23-19(29)8-5-9-20(23)30/h4-9,12-13H,10-11,14H2,1-3H3,(H,34,35)(H2,31,32,33). The minimum Gasteiger partial charge on any atom is -0.486 e. The van der Waals surface area contributed by atoms with Crippen molar-refractivity contribution in [3.63, 3.8) is 0 Å². The Labute approximate surface area is 213 Å². The van der Waals surface area contributed by atoms with E-state index in [4.69, 9.17) is 16.3 Å². The molecule has 6 rings (SSSR count). The van der Waals surface area contributed by atoms with Gasteiger partial charge in [-0.05, 0) is 57.4 Å². The van der Waals surface area contributed by atoms with Gasteiger partial charge in [0.2, 0.25) is 5.95 Å². The first-order valence-corrected chi connectivity index (χ1v) is 12.4. The van der Waals surface area contributed by atoms with E-state index in [0.29, 0.717) is 34.7 Å². The molecule has 1 amide bonds. The van der Waals surface area contributed by atoms with E-state index >= 15 is 0 Å². The minimum absolute atomic E-state index is 0.137. The van der Waals surface area contributed by atoms with Gasteiger partial charge in [-0.2, -0.15) is 0 Å². The van der Waals surface area contributed by atoms with Crippen molar-refractivity contribution in [3.8, 4) is 5.75 Å². The van der Waals surface area contributed by atoms with Crippen molar-refractivity contribution in [2.24, 2.45) is 0 Å². The number of fused-ring (bicyclic) bond motifs is 3. The fourth-order valence-electron chi connectivity index (χ4n) is 5.02. The van der Waals surface area contributed by atoms with Crippen LogP contribution < -0.4 is 15.4 Å². The van der Waals surface area contributed by atoms with Crippen LogP contribution in [0.5, 0.6) is 5.75 Å². The fraction of sp³-hybridized carbons (Fsp3) is 0.286. The highest BCUT2D eigenvalue weighted by molar-refractivity contribution is 6.33. The molecule has 1 saturated carbocycles. The van der Waals surface area contributed by atoms with E-state index in [2.05, 4.69) is 45.7 Å². The zero-order valence-electron chi connectivity index (χ0n) is 20.3. The number of hydrogen-bond donors (Lipinski definition) is 3. The Kier molecular flexibility index (Phi) is 5.06. The summed E-state index contributed by atoms with van der Waals surface area (Å²) in [5.41, 5.74) is 4.23. The number of imidazole rings is 1. The molecule has 0 unspecified atom stereocenters. The Morgan fingerprint density at radius 1 is 1.17 bits per heavy atom. The Bertz CT molecular complexity index is 1520. The van der Waals surface area contributed by atoms with Crippen LogP contribution in [0, 0.1) is 12.7 Å². The van der Waals surface area contributed by atoms with E-state index in [1.165, 1.54) is 6.07 Å². The highest BCUT2D eigenvalue weighted by atomic mass is 35.5. The molecule has 36 heavy (non-hydrogen) atoms. The molecule has 1 aromatic heterocycles. The number of nitrogens with one attached hydrogen (secondary N) is 3. The summed E-state index contributed by atoms with van der Waals surface area (Å²) >= 11 is 6.19. The first kappa shape index (κ1) is 22.9. The van der Waals surface area contributed by atoms with Crippen LogP contribution in [-0.4, -0.2) is 21.5 Å². The smallest absolute Gasteiger partial charge is 0.255 e. The number of aromatic amines is 1. The maximum Gasteiger partial charge on any atom is 0.255 e. The van der Waals surface area contributed by atoms with E-state index in [1.54, 1.807) is 18.2 Å². The third-order valence-electron chi connectivity index (χ3n) is 6.93. The zero-order valence-corrected chi connectivity index (χ0v) is 21.0. The Hall–Kier alpha value is -3.58. The number of H-pyrrole nitrogens is 1. The summed E-state index contributed by atoms with van der Waals surface area (Å²) in [4.78, 5) is 21.5. The van der Waals surface area contributed by atoms with E-state index in [-0.39, 0.29) is 22.2 Å². The lowest BCUT2D eigenvalue weighted by Gasteiger charge is -2.21. The number of rotatable bonds is 5. The van der Waals surface area contributed by atoms with Gasteiger partial charge in [-0.15, -0.1) is 0 Å². The van der Waals surface area contributed by atoms with Crippen molar-refractivity contribution >= 4 is 40.2 Å². The molecular weight excluding hydrogens is 479 g/mol. The molecule has 0 radical (unpaired) electrons. The van der Waals surface area contributed by atoms with Gasteiger partial charge in [0, 0.05) is 12.0 Å². The number of carbonyl (C=O) groups is 1. The lowest BCUT2D eigenvalue weighted by molar-refractivity contribution is 0.0917. The highest BCUT2D eigenvalue weighted by Gasteiger charge is 2.46. The fourth-order valence-corrected chi connectivity index (χ4v) is 5.23. The molecule has 2 heterocycles. The number of nitrogens with zero attached hydrogens (tertiary/aromatic N) is 1. The summed E-state index contributed by atoms with van der Waals surface area (Å²) in [6, 6.07) is 14.5. The van der Waals surface area contributed by atoms with Crippen LogP contribution in [0.2, 0.25) is 5.02 Å². The van der Waals surface area contributed by atoms with Crippen LogP contribution >= 0.6 is 11.6 Å². The maximum absolute atomic E-state index is 14.3. The molecule has 3 aromatic carbocycles. The summed E-state index contributed by atoms with van der Waals surface area (Å²) in [7, 11) is 0. The van der Waals surface area contributed by atoms with E-state index in [1.807, 2.05) is 19.9 Å². The first-order valence-electron chi connectivity index (χ1n) is 12.0. The van der Waals surface area contributed by atoms with Crippen molar-refractivity contribution in [2.75, 3.05) is 5.32 Å². The van der Waals surface area contributed by atoms with Crippen LogP contribution in [0.3, 0.4) is 0 Å². The first-order chi connectivity index (χ1) is 17.1. The number of benzene rings is 3. The normalized spacial score (nSPS) is 16.9. The average Bonchev–Trinajstić information content (AvgIpc) is 3.35. The van der Waals surface area contributed by atoms with Gasteiger partial charge in [-0.1, -0.05) is 47.5 Å². The second-order valence-electron chi connectivity index (χ2n) is 10.4. The molecule has 0 saturated heterocycles. The second-order valence-corrected chi connectivity index (χ2v) is 10.8. The zero-order chi connectivity index (χ0) is 25.2. The topological polar surface area (TPSA) is 79.0 Å². The Morgan fingerprint density at radius 3 is 2.67 bits per heavy atom. The van der Waals surface area contributed by atoms with Crippen LogP contribution in [0.25, 0.3) is 11.0 Å². The summed E-state index contributed by atoms with van der Waals surface area (Å²) in [5.74, 6) is 0.210. The third-order valence-corrected chi connectivity index (χ3v) is 7.25. The SMILES string of the molecule is Cc1cccc(C2(NC(=O)c3cc4[nH]c(Nc5c(F)cccc5Cl)nc4c4c3OC(C)(C)C4)CC2)c1. The Balaban J connectivity index is 1.39. The number of amides is 1. The quantitative estimate of drug-likeness (QED) is 0.288. The van der Waals surface area contributed by atoms with E-state index in [9.17, 15) is 9.18 Å². The Morgan fingerprint density at radius 2 is 1.94 bits per heavy atom. The van der Waals surface area contributed by atoms with Crippen molar-refractivity contribution in [1.82, 2.24) is 15.3 Å². The van der Waals surface area contributed by atoms with Gasteiger partial charge in [0.15, 0.2) is 0 Å². The number of hydrogen-bond acceptors (Lipinski definition) is 4. The van der Waals surface area contributed by atoms with Gasteiger partial charge in [0.05, 0.1) is 32.8 Å². The number of carbonyl (C=O) groups excluding carboxylic acids is 1. The minimum atomic E-state index is -0.485. The molecule has 1 fully saturated rings. The van der Waals surface area contributed by atoms with Crippen molar-refractivity contribution in [2.45, 2.75) is 51.2 Å². The van der Waals surface area contributed by atoms with Crippen LogP contribution in [0.4, 0.5) is 16.0 Å². The molecule has 3 N–H and O–H groups in total. The van der Waals surface area contributed by atoms with Crippen molar-refractivity contribution in [1.29, 1.82) is 0 Å². The molecule has 0 atom stereocenters. The molecule has 0 spiro atoms. The molecule has 8 heteroatoms. The van der Waals surface area contributed by atoms with Crippen molar-refractivity contribution < 1.29 is 13.9 Å². The van der Waals surface area contributed by atoms with Crippen LogP contribution in [0.1, 0.15) is 53.7 Å². The van der Waals surface area contributed by atoms with Gasteiger partial charge < -0.3 is 20.4 Å². The number of anilines is 2. The number of para-hydroxylation sites is 1. The lowest BCUT2D eigenvalue weighted by Crippen LogP contribution is -2.35. The van der Waals surface area contributed by atoms with Crippen molar-refractivity contribution in [3.05, 3.63) is 81.6 Å². The maximum atomic E-state index is 14.3. The monoisotopic (exact) mass is 504 g/mol. The molecule has 1 aliphatic heterocycles. The molecule has 6 nitrogen and oxygen atoms in total. The number of halogens is 2. The summed E-state index contributed by atoms with van der Waals surface area (Å²) < 4.78 is 20.6. The summed E-state index contributed by atoms with van der Waals surface area (Å²) in [6.07, 6.45) is 2.37. The molecular formula is C28H26ClFN4O2. The molecule has 184 valence electrons. The van der Waals surface area contributed by atoms with Gasteiger partial charge in [-0.25, -0.2) is 9.37 Å². The van der Waals surface area contributed by atoms with Gasteiger partial charge in [0.1, 0.15) is 17.2 Å². The lowest BCUT2D eigenvalue weighted by atomic mass is 9.98. The summed E-state index contributed by atoms with van der Waals surface area (Å²) in [6.45, 7) is 6.03. The second kappa shape index (κ2) is 7.96. The van der Waals surface area contributed by atoms with Gasteiger partial charge in [-0.3, -0.25) is 4.79 Å². The van der Waals surface area contributed by atoms with Gasteiger partial charge >= 0.3 is 0 Å². The number of aromatic nitrogens is 2. The predicted molar refractivity (Wildman–Crippen MR) is 139 cm³/mol. The van der Waals surface area contributed by atoms with E-state index < -0.39 is 11.4 Å². The highest BCUT2D eigenvalue weighted by Crippen LogP contribution is 2.47. The number of ether oxygens (including phenoxy) is 1. The third kappa shape index (κ3) is 3.88. The van der Waals surface area contributed by atoms with Gasteiger partial charge in [0.25, 0.3) is 5.91 Å². The predicted octanol–water partition coefficient (Wildman–Crippen LogP) is 6.54. The number of aryl methyl sites for hydroxylation is 1. The average molecular weight is 505 g/mol. The molecule has 4 aromatic rings. The van der Waals surface area contributed by atoms with Crippen LogP contribution in [-0.2, 0) is 12.0 Å². The van der Waals surface area contributed by atoms with Crippen LogP contribution in [0.15, 0.2) is 48.5 Å². The van der Waals surface area contributed by atoms with E-state index in [0.717, 1.165) is 29.5 Å².